The van der Waals surface area contributed by atoms with E-state index >= 15 is 0 Å². The van der Waals surface area contributed by atoms with Crippen LogP contribution in [0.2, 0.25) is 0 Å². The minimum Gasteiger partial charge on any atom is -0.468 e. The first-order chi connectivity index (χ1) is 5.20. The van der Waals surface area contributed by atoms with Gasteiger partial charge in [0, 0.05) is 0 Å². The molecule has 1 atom stereocenters. The minimum absolute atomic E-state index is 0.0602. The monoisotopic (exact) mass is 153 g/mol. The summed E-state index contributed by atoms with van der Waals surface area (Å²) in [6.07, 6.45) is 2.64. The molecular formula is C9H15NO. The molecule has 1 rings (SSSR count). The maximum atomic E-state index is 5.85. The van der Waals surface area contributed by atoms with E-state index in [0.717, 1.165) is 12.2 Å². The molecule has 0 amide bonds. The Kier molecular flexibility index (Phi) is 2.71. The van der Waals surface area contributed by atoms with Crippen LogP contribution in [0.3, 0.4) is 0 Å². The summed E-state index contributed by atoms with van der Waals surface area (Å²) in [5, 5.41) is 0. The van der Waals surface area contributed by atoms with E-state index in [2.05, 4.69) is 13.8 Å². The second kappa shape index (κ2) is 3.58. The maximum absolute atomic E-state index is 5.85. The Labute approximate surface area is 67.4 Å². The third-order valence-corrected chi connectivity index (χ3v) is 1.63. The Morgan fingerprint density at radius 1 is 1.55 bits per heavy atom. The molecule has 62 valence electrons. The summed E-state index contributed by atoms with van der Waals surface area (Å²) in [7, 11) is 0. The SMILES string of the molecule is CC(C)C[C@H](N)c1ccco1. The molecule has 1 aromatic rings. The molecule has 11 heavy (non-hydrogen) atoms. The highest BCUT2D eigenvalue weighted by atomic mass is 16.3. The van der Waals surface area contributed by atoms with E-state index in [1.165, 1.54) is 0 Å². The summed E-state index contributed by atoms with van der Waals surface area (Å²) in [5.41, 5.74) is 5.85. The highest BCUT2D eigenvalue weighted by Crippen LogP contribution is 2.18. The van der Waals surface area contributed by atoms with Crippen LogP contribution in [0.1, 0.15) is 32.1 Å². The van der Waals surface area contributed by atoms with E-state index in [4.69, 9.17) is 10.2 Å². The zero-order chi connectivity index (χ0) is 8.27. The quantitative estimate of drug-likeness (QED) is 0.723. The first-order valence-corrected chi connectivity index (χ1v) is 3.99. The van der Waals surface area contributed by atoms with Gasteiger partial charge in [-0.15, -0.1) is 0 Å². The van der Waals surface area contributed by atoms with Crippen molar-refractivity contribution in [2.24, 2.45) is 11.7 Å². The standard InChI is InChI=1S/C9H15NO/c1-7(2)6-8(10)9-4-3-5-11-9/h3-5,7-8H,6,10H2,1-2H3/t8-/m0/s1. The van der Waals surface area contributed by atoms with Crippen LogP contribution in [-0.2, 0) is 0 Å². The van der Waals surface area contributed by atoms with Crippen molar-refractivity contribution in [1.82, 2.24) is 0 Å². The number of hydrogen-bond donors (Lipinski definition) is 1. The molecule has 2 nitrogen and oxygen atoms in total. The van der Waals surface area contributed by atoms with Crippen LogP contribution in [0.5, 0.6) is 0 Å². The first-order valence-electron chi connectivity index (χ1n) is 3.99. The lowest BCUT2D eigenvalue weighted by molar-refractivity contribution is 0.416. The molecular weight excluding hydrogens is 138 g/mol. The Hall–Kier alpha value is -0.760. The van der Waals surface area contributed by atoms with Gasteiger partial charge >= 0.3 is 0 Å². The van der Waals surface area contributed by atoms with E-state index in [1.54, 1.807) is 6.26 Å². The normalized spacial score (nSPS) is 13.8. The molecule has 0 aliphatic heterocycles. The third kappa shape index (κ3) is 2.39. The van der Waals surface area contributed by atoms with E-state index in [9.17, 15) is 0 Å². The summed E-state index contributed by atoms with van der Waals surface area (Å²) < 4.78 is 5.17. The molecule has 0 saturated carbocycles. The van der Waals surface area contributed by atoms with Gasteiger partial charge in [-0.3, -0.25) is 0 Å². The van der Waals surface area contributed by atoms with Gasteiger partial charge in [0.15, 0.2) is 0 Å². The van der Waals surface area contributed by atoms with Crippen molar-refractivity contribution in [3.05, 3.63) is 24.2 Å². The van der Waals surface area contributed by atoms with Crippen LogP contribution in [0.25, 0.3) is 0 Å². The van der Waals surface area contributed by atoms with Crippen molar-refractivity contribution >= 4 is 0 Å². The predicted molar refractivity (Wildman–Crippen MR) is 45.1 cm³/mol. The largest absolute Gasteiger partial charge is 0.468 e. The van der Waals surface area contributed by atoms with Crippen LogP contribution in [-0.4, -0.2) is 0 Å². The average Bonchev–Trinajstić information content (AvgIpc) is 2.35. The highest BCUT2D eigenvalue weighted by Gasteiger charge is 2.09. The topological polar surface area (TPSA) is 39.2 Å². The molecule has 0 aliphatic carbocycles. The predicted octanol–water partition coefficient (Wildman–Crippen LogP) is 2.33. The lowest BCUT2D eigenvalue weighted by Gasteiger charge is -2.10. The van der Waals surface area contributed by atoms with Crippen molar-refractivity contribution in [1.29, 1.82) is 0 Å². The van der Waals surface area contributed by atoms with Crippen LogP contribution >= 0.6 is 0 Å². The zero-order valence-electron chi connectivity index (χ0n) is 7.08. The molecule has 0 bridgehead atoms. The van der Waals surface area contributed by atoms with Crippen molar-refractivity contribution in [3.8, 4) is 0 Å². The number of hydrogen-bond acceptors (Lipinski definition) is 2. The van der Waals surface area contributed by atoms with Gasteiger partial charge in [0.1, 0.15) is 5.76 Å². The van der Waals surface area contributed by atoms with Gasteiger partial charge in [0.25, 0.3) is 0 Å². The summed E-state index contributed by atoms with van der Waals surface area (Å²) in [6.45, 7) is 4.31. The third-order valence-electron chi connectivity index (χ3n) is 1.63. The van der Waals surface area contributed by atoms with Gasteiger partial charge in [-0.25, -0.2) is 0 Å². The first kappa shape index (κ1) is 8.34. The fourth-order valence-electron chi connectivity index (χ4n) is 1.13. The van der Waals surface area contributed by atoms with Gasteiger partial charge < -0.3 is 10.2 Å². The summed E-state index contributed by atoms with van der Waals surface area (Å²) >= 11 is 0. The summed E-state index contributed by atoms with van der Waals surface area (Å²) in [4.78, 5) is 0. The zero-order valence-corrected chi connectivity index (χ0v) is 7.08. The Bertz CT molecular complexity index is 191. The maximum Gasteiger partial charge on any atom is 0.120 e. The van der Waals surface area contributed by atoms with Gasteiger partial charge in [0.2, 0.25) is 0 Å². The molecule has 0 radical (unpaired) electrons. The molecule has 0 aromatic carbocycles. The van der Waals surface area contributed by atoms with Crippen LogP contribution < -0.4 is 5.73 Å². The molecule has 1 heterocycles. The fourth-order valence-corrected chi connectivity index (χ4v) is 1.13. The van der Waals surface area contributed by atoms with Crippen molar-refractivity contribution in [2.75, 3.05) is 0 Å². The van der Waals surface area contributed by atoms with Gasteiger partial charge in [-0.1, -0.05) is 13.8 Å². The van der Waals surface area contributed by atoms with Crippen LogP contribution in [0.4, 0.5) is 0 Å². The molecule has 0 saturated heterocycles. The van der Waals surface area contributed by atoms with E-state index in [0.29, 0.717) is 5.92 Å². The molecule has 0 aliphatic rings. The molecule has 2 heteroatoms. The lowest BCUT2D eigenvalue weighted by atomic mass is 10.0. The van der Waals surface area contributed by atoms with E-state index in [1.807, 2.05) is 12.1 Å². The number of nitrogens with two attached hydrogens (primary N) is 1. The molecule has 0 unspecified atom stereocenters. The number of rotatable bonds is 3. The molecule has 0 spiro atoms. The lowest BCUT2D eigenvalue weighted by Crippen LogP contribution is -2.11. The Morgan fingerprint density at radius 3 is 2.73 bits per heavy atom. The van der Waals surface area contributed by atoms with Crippen molar-refractivity contribution < 1.29 is 4.42 Å². The summed E-state index contributed by atoms with van der Waals surface area (Å²) in [6, 6.07) is 3.85. The Balaban J connectivity index is 2.49. The Morgan fingerprint density at radius 2 is 2.27 bits per heavy atom. The van der Waals surface area contributed by atoms with Crippen molar-refractivity contribution in [2.45, 2.75) is 26.3 Å². The smallest absolute Gasteiger partial charge is 0.120 e. The van der Waals surface area contributed by atoms with Gasteiger partial charge in [-0.2, -0.15) is 0 Å². The second-order valence-electron chi connectivity index (χ2n) is 3.25. The fraction of sp³-hybridized carbons (Fsp3) is 0.556. The number of furan rings is 1. The van der Waals surface area contributed by atoms with Crippen molar-refractivity contribution in [3.63, 3.8) is 0 Å². The minimum atomic E-state index is 0.0602. The highest BCUT2D eigenvalue weighted by molar-refractivity contribution is 5.03. The summed E-state index contributed by atoms with van der Waals surface area (Å²) in [5.74, 6) is 1.51. The molecule has 2 N–H and O–H groups in total. The van der Waals surface area contributed by atoms with E-state index < -0.39 is 0 Å². The van der Waals surface area contributed by atoms with Gasteiger partial charge in [0.05, 0.1) is 12.3 Å². The van der Waals surface area contributed by atoms with E-state index in [-0.39, 0.29) is 6.04 Å². The second-order valence-corrected chi connectivity index (χ2v) is 3.25. The molecule has 0 fully saturated rings. The van der Waals surface area contributed by atoms with Crippen LogP contribution in [0, 0.1) is 5.92 Å². The van der Waals surface area contributed by atoms with Crippen LogP contribution in [0.15, 0.2) is 22.8 Å². The molecule has 1 aromatic heterocycles. The average molecular weight is 153 g/mol. The van der Waals surface area contributed by atoms with Gasteiger partial charge in [-0.05, 0) is 24.5 Å².